The van der Waals surface area contributed by atoms with Crippen LogP contribution in [0.1, 0.15) is 12.5 Å². The number of allylic oxidation sites excluding steroid dienone is 1. The maximum Gasteiger partial charge on any atom is 0.0489 e. The first-order chi connectivity index (χ1) is 6.13. The Kier molecular flexibility index (Phi) is 4.50. The Balaban J connectivity index is 3.03. The fraction of sp³-hybridized carbons (Fsp3) is 0.200. The molecule has 0 aliphatic heterocycles. The molecule has 0 atom stereocenters. The molecular weight excluding hydrogens is 315 g/mol. The lowest BCUT2D eigenvalue weighted by molar-refractivity contribution is 1.45. The molecule has 1 rings (SSSR count). The van der Waals surface area contributed by atoms with Gasteiger partial charge in [-0.3, -0.25) is 0 Å². The van der Waals surface area contributed by atoms with E-state index in [1.807, 2.05) is 18.2 Å². The van der Waals surface area contributed by atoms with Crippen LogP contribution in [-0.4, -0.2) is 5.33 Å². The van der Waals surface area contributed by atoms with Crippen LogP contribution in [0, 0.1) is 0 Å². The summed E-state index contributed by atoms with van der Waals surface area (Å²) in [7, 11) is 0. The van der Waals surface area contributed by atoms with Gasteiger partial charge < -0.3 is 0 Å². The quantitative estimate of drug-likeness (QED) is 0.679. The van der Waals surface area contributed by atoms with E-state index < -0.39 is 0 Å². The van der Waals surface area contributed by atoms with E-state index in [-0.39, 0.29) is 0 Å². The van der Waals surface area contributed by atoms with Crippen LogP contribution in [0.4, 0.5) is 0 Å². The van der Waals surface area contributed by atoms with Gasteiger partial charge in [-0.1, -0.05) is 61.2 Å². The fourth-order valence-corrected chi connectivity index (χ4v) is 1.81. The number of alkyl halides is 1. The number of hydrogen-bond acceptors (Lipinski definition) is 0. The first-order valence-electron chi connectivity index (χ1n) is 3.81. The van der Waals surface area contributed by atoms with Crippen molar-refractivity contribution in [1.82, 2.24) is 0 Å². The summed E-state index contributed by atoms with van der Waals surface area (Å²) in [5.74, 6) is 0. The zero-order chi connectivity index (χ0) is 9.84. The fourth-order valence-electron chi connectivity index (χ4n) is 0.923. The molecular formula is C10H9Br2Cl. The molecule has 0 saturated heterocycles. The van der Waals surface area contributed by atoms with Crippen molar-refractivity contribution in [2.75, 3.05) is 5.33 Å². The van der Waals surface area contributed by atoms with Crippen molar-refractivity contribution in [3.63, 3.8) is 0 Å². The van der Waals surface area contributed by atoms with E-state index in [2.05, 4.69) is 44.9 Å². The third-order valence-electron chi connectivity index (χ3n) is 1.58. The van der Waals surface area contributed by atoms with Gasteiger partial charge in [0, 0.05) is 14.8 Å². The Morgan fingerprint density at radius 2 is 2.23 bits per heavy atom. The highest BCUT2D eigenvalue weighted by atomic mass is 79.9. The van der Waals surface area contributed by atoms with Gasteiger partial charge in [-0.15, -0.1) is 0 Å². The summed E-state index contributed by atoms with van der Waals surface area (Å²) in [6, 6.07) is 5.88. The number of benzene rings is 1. The molecule has 1 aromatic rings. The molecule has 0 aromatic heterocycles. The molecule has 0 aliphatic rings. The molecule has 0 N–H and O–H groups in total. The molecule has 0 amide bonds. The maximum atomic E-state index is 6.04. The van der Waals surface area contributed by atoms with Crippen LogP contribution in [0.25, 0.3) is 6.08 Å². The Bertz CT molecular complexity index is 332. The number of halogens is 3. The van der Waals surface area contributed by atoms with Gasteiger partial charge in [0.15, 0.2) is 0 Å². The Labute approximate surface area is 100 Å². The zero-order valence-electron chi connectivity index (χ0n) is 7.15. The number of rotatable bonds is 2. The molecule has 0 unspecified atom stereocenters. The first kappa shape index (κ1) is 11.3. The molecule has 0 heterocycles. The second kappa shape index (κ2) is 5.18. The molecule has 3 heteroatoms. The van der Waals surface area contributed by atoms with Gasteiger partial charge in [0.25, 0.3) is 0 Å². The highest BCUT2D eigenvalue weighted by Crippen LogP contribution is 2.23. The van der Waals surface area contributed by atoms with Crippen LogP contribution < -0.4 is 0 Å². The lowest BCUT2D eigenvalue weighted by Crippen LogP contribution is -1.79. The second-order valence-corrected chi connectivity index (χ2v) is 4.67. The Hall–Kier alpha value is 0.210. The van der Waals surface area contributed by atoms with Crippen LogP contribution in [0.2, 0.25) is 5.02 Å². The van der Waals surface area contributed by atoms with Crippen LogP contribution in [0.5, 0.6) is 0 Å². The van der Waals surface area contributed by atoms with Crippen molar-refractivity contribution in [2.24, 2.45) is 0 Å². The molecule has 0 spiro atoms. The summed E-state index contributed by atoms with van der Waals surface area (Å²) >= 11 is 12.8. The first-order valence-corrected chi connectivity index (χ1v) is 6.11. The summed E-state index contributed by atoms with van der Waals surface area (Å²) in [4.78, 5) is 0. The van der Waals surface area contributed by atoms with Gasteiger partial charge in [-0.25, -0.2) is 0 Å². The minimum absolute atomic E-state index is 0.773. The largest absolute Gasteiger partial charge is 0.0880 e. The Morgan fingerprint density at radius 1 is 1.54 bits per heavy atom. The minimum Gasteiger partial charge on any atom is -0.0880 e. The molecule has 13 heavy (non-hydrogen) atoms. The van der Waals surface area contributed by atoms with E-state index in [0.717, 1.165) is 20.4 Å². The van der Waals surface area contributed by atoms with Crippen molar-refractivity contribution >= 4 is 49.5 Å². The smallest absolute Gasteiger partial charge is 0.0489 e. The van der Waals surface area contributed by atoms with E-state index in [0.29, 0.717) is 0 Å². The van der Waals surface area contributed by atoms with Gasteiger partial charge in [-0.05, 0) is 24.6 Å². The average Bonchev–Trinajstić information content (AvgIpc) is 2.09. The SMILES string of the molecule is C/C(=C/c1ccc(Br)cc1Cl)CBr. The summed E-state index contributed by atoms with van der Waals surface area (Å²) in [6.07, 6.45) is 2.07. The third kappa shape index (κ3) is 3.45. The van der Waals surface area contributed by atoms with Crippen molar-refractivity contribution in [2.45, 2.75) is 6.92 Å². The molecule has 0 nitrogen and oxygen atoms in total. The Morgan fingerprint density at radius 3 is 2.77 bits per heavy atom. The third-order valence-corrected chi connectivity index (χ3v) is 3.28. The zero-order valence-corrected chi connectivity index (χ0v) is 11.1. The lowest BCUT2D eigenvalue weighted by atomic mass is 10.1. The normalized spacial score (nSPS) is 11.8. The predicted molar refractivity (Wildman–Crippen MR) is 66.6 cm³/mol. The molecule has 0 saturated carbocycles. The highest BCUT2D eigenvalue weighted by Gasteiger charge is 1.97. The topological polar surface area (TPSA) is 0 Å². The van der Waals surface area contributed by atoms with Crippen LogP contribution in [0.3, 0.4) is 0 Å². The molecule has 70 valence electrons. The average molecular weight is 324 g/mol. The maximum absolute atomic E-state index is 6.04. The standard InChI is InChI=1S/C10H9Br2Cl/c1-7(6-11)4-8-2-3-9(12)5-10(8)13/h2-5H,6H2,1H3/b7-4-. The van der Waals surface area contributed by atoms with Crippen LogP contribution in [-0.2, 0) is 0 Å². The molecule has 0 fully saturated rings. The summed E-state index contributed by atoms with van der Waals surface area (Å²) < 4.78 is 1.01. The van der Waals surface area contributed by atoms with E-state index in [1.54, 1.807) is 0 Å². The van der Waals surface area contributed by atoms with E-state index in [1.165, 1.54) is 5.57 Å². The van der Waals surface area contributed by atoms with Crippen molar-refractivity contribution in [3.05, 3.63) is 38.8 Å². The van der Waals surface area contributed by atoms with Gasteiger partial charge in [0.05, 0.1) is 0 Å². The van der Waals surface area contributed by atoms with Gasteiger partial charge in [-0.2, -0.15) is 0 Å². The molecule has 0 bridgehead atoms. The van der Waals surface area contributed by atoms with Gasteiger partial charge >= 0.3 is 0 Å². The molecule has 0 radical (unpaired) electrons. The molecule has 1 aromatic carbocycles. The van der Waals surface area contributed by atoms with Crippen molar-refractivity contribution in [3.8, 4) is 0 Å². The van der Waals surface area contributed by atoms with Crippen LogP contribution in [0.15, 0.2) is 28.2 Å². The predicted octanol–water partition coefficient (Wildman–Crippen LogP) is 4.90. The highest BCUT2D eigenvalue weighted by molar-refractivity contribution is 9.10. The molecule has 0 aliphatic carbocycles. The minimum atomic E-state index is 0.773. The summed E-state index contributed by atoms with van der Waals surface area (Å²) in [5.41, 5.74) is 2.31. The van der Waals surface area contributed by atoms with E-state index in [9.17, 15) is 0 Å². The van der Waals surface area contributed by atoms with Gasteiger partial charge in [0.1, 0.15) is 0 Å². The van der Waals surface area contributed by atoms with Crippen molar-refractivity contribution in [1.29, 1.82) is 0 Å². The van der Waals surface area contributed by atoms with Crippen LogP contribution >= 0.6 is 43.5 Å². The van der Waals surface area contributed by atoms with Gasteiger partial charge in [0.2, 0.25) is 0 Å². The lowest BCUT2D eigenvalue weighted by Gasteiger charge is -2.00. The van der Waals surface area contributed by atoms with E-state index in [4.69, 9.17) is 11.6 Å². The van der Waals surface area contributed by atoms with Crippen molar-refractivity contribution < 1.29 is 0 Å². The van der Waals surface area contributed by atoms with E-state index >= 15 is 0 Å². The number of hydrogen-bond donors (Lipinski definition) is 0. The monoisotopic (exact) mass is 322 g/mol. The summed E-state index contributed by atoms with van der Waals surface area (Å²) in [6.45, 7) is 2.06. The summed E-state index contributed by atoms with van der Waals surface area (Å²) in [5, 5.41) is 1.65. The second-order valence-electron chi connectivity index (χ2n) is 2.79.